The lowest BCUT2D eigenvalue weighted by Crippen LogP contribution is -2.46. The van der Waals surface area contributed by atoms with Crippen molar-refractivity contribution in [3.63, 3.8) is 0 Å². The third-order valence-electron chi connectivity index (χ3n) is 3.92. The first-order chi connectivity index (χ1) is 11.1. The van der Waals surface area contributed by atoms with Gasteiger partial charge in [-0.1, -0.05) is 12.1 Å². The summed E-state index contributed by atoms with van der Waals surface area (Å²) in [5.41, 5.74) is 1.68. The molecule has 0 bridgehead atoms. The number of urea groups is 1. The lowest BCUT2D eigenvalue weighted by molar-refractivity contribution is -0.00138. The van der Waals surface area contributed by atoms with Crippen molar-refractivity contribution in [3.05, 3.63) is 29.8 Å². The van der Waals surface area contributed by atoms with Gasteiger partial charge in [-0.05, 0) is 24.6 Å². The number of hydrogen-bond donors (Lipinski definition) is 1. The van der Waals surface area contributed by atoms with Crippen LogP contribution in [-0.4, -0.2) is 60.9 Å². The Morgan fingerprint density at radius 2 is 2.22 bits per heavy atom. The largest absolute Gasteiger partial charge is 0.448 e. The smallest absolute Gasteiger partial charge is 0.410 e. The average Bonchev–Trinajstić information content (AvgIpc) is 2.93. The van der Waals surface area contributed by atoms with Gasteiger partial charge in [0.25, 0.3) is 0 Å². The van der Waals surface area contributed by atoms with E-state index >= 15 is 0 Å². The van der Waals surface area contributed by atoms with Crippen molar-refractivity contribution >= 4 is 17.8 Å². The number of nitrogens with one attached hydrogen (secondary N) is 1. The molecule has 7 heteroatoms. The van der Waals surface area contributed by atoms with E-state index in [-0.39, 0.29) is 18.2 Å². The monoisotopic (exact) mass is 319 g/mol. The number of nitrogens with zero attached hydrogens (tertiary/aromatic N) is 2. The van der Waals surface area contributed by atoms with Gasteiger partial charge in [-0.3, -0.25) is 0 Å². The van der Waals surface area contributed by atoms with Crippen molar-refractivity contribution in [3.8, 4) is 0 Å². The molecule has 124 valence electrons. The van der Waals surface area contributed by atoms with Crippen LogP contribution in [-0.2, 0) is 16.0 Å². The number of carbonyl (C=O) groups excluding carboxylic acids is 2. The molecule has 3 rings (SSSR count). The highest BCUT2D eigenvalue weighted by atomic mass is 16.6. The van der Waals surface area contributed by atoms with Gasteiger partial charge < -0.3 is 24.6 Å². The Morgan fingerprint density at radius 1 is 1.35 bits per heavy atom. The summed E-state index contributed by atoms with van der Waals surface area (Å²) in [6.45, 7) is 5.21. The lowest BCUT2D eigenvalue weighted by atomic mass is 10.2. The Labute approximate surface area is 135 Å². The van der Waals surface area contributed by atoms with Gasteiger partial charge in [0.1, 0.15) is 6.61 Å². The predicted octanol–water partition coefficient (Wildman–Crippen LogP) is 1.89. The van der Waals surface area contributed by atoms with Crippen molar-refractivity contribution in [2.24, 2.45) is 0 Å². The van der Waals surface area contributed by atoms with Crippen LogP contribution < -0.4 is 5.32 Å². The lowest BCUT2D eigenvalue weighted by Gasteiger charge is -2.31. The van der Waals surface area contributed by atoms with E-state index in [2.05, 4.69) is 5.32 Å². The van der Waals surface area contributed by atoms with Crippen LogP contribution >= 0.6 is 0 Å². The van der Waals surface area contributed by atoms with E-state index in [1.807, 2.05) is 31.2 Å². The number of morpholine rings is 1. The van der Waals surface area contributed by atoms with Crippen LogP contribution in [0.1, 0.15) is 12.5 Å². The van der Waals surface area contributed by atoms with Gasteiger partial charge in [0, 0.05) is 25.3 Å². The molecule has 1 unspecified atom stereocenters. The Hall–Kier alpha value is -2.28. The molecule has 2 aliphatic heterocycles. The number of anilines is 1. The van der Waals surface area contributed by atoms with Crippen molar-refractivity contribution in [2.45, 2.75) is 19.6 Å². The molecular weight excluding hydrogens is 298 g/mol. The van der Waals surface area contributed by atoms with Crippen LogP contribution in [0.4, 0.5) is 15.3 Å². The third-order valence-corrected chi connectivity index (χ3v) is 3.92. The van der Waals surface area contributed by atoms with Gasteiger partial charge in [-0.15, -0.1) is 0 Å². The van der Waals surface area contributed by atoms with Crippen molar-refractivity contribution in [1.29, 1.82) is 0 Å². The number of cyclic esters (lactones) is 1. The van der Waals surface area contributed by atoms with Crippen molar-refractivity contribution in [1.82, 2.24) is 9.80 Å². The van der Waals surface area contributed by atoms with Gasteiger partial charge in [-0.2, -0.15) is 0 Å². The Bertz CT molecular complexity index is 592. The van der Waals surface area contributed by atoms with E-state index in [0.717, 1.165) is 11.3 Å². The summed E-state index contributed by atoms with van der Waals surface area (Å²) in [7, 11) is 0. The molecule has 0 aromatic heterocycles. The first kappa shape index (κ1) is 15.6. The summed E-state index contributed by atoms with van der Waals surface area (Å²) < 4.78 is 10.4. The van der Waals surface area contributed by atoms with E-state index < -0.39 is 0 Å². The quantitative estimate of drug-likeness (QED) is 0.923. The van der Waals surface area contributed by atoms with Crippen LogP contribution in [0.25, 0.3) is 0 Å². The number of amides is 3. The molecule has 2 saturated heterocycles. The molecule has 1 aromatic carbocycles. The fourth-order valence-electron chi connectivity index (χ4n) is 2.74. The van der Waals surface area contributed by atoms with Crippen LogP contribution in [0.15, 0.2) is 24.3 Å². The first-order valence-corrected chi connectivity index (χ1v) is 7.80. The van der Waals surface area contributed by atoms with Crippen LogP contribution in [0.3, 0.4) is 0 Å². The SMILES string of the molecule is CC1CN(C(=O)Nc2cccc(CN3CCOC3=O)c2)CCO1. The number of rotatable bonds is 3. The summed E-state index contributed by atoms with van der Waals surface area (Å²) >= 11 is 0. The number of hydrogen-bond acceptors (Lipinski definition) is 4. The zero-order valence-corrected chi connectivity index (χ0v) is 13.2. The van der Waals surface area contributed by atoms with E-state index in [1.54, 1.807) is 9.80 Å². The van der Waals surface area contributed by atoms with E-state index in [0.29, 0.717) is 39.4 Å². The number of benzene rings is 1. The third kappa shape index (κ3) is 3.92. The van der Waals surface area contributed by atoms with E-state index in [4.69, 9.17) is 9.47 Å². The van der Waals surface area contributed by atoms with Crippen molar-refractivity contribution in [2.75, 3.05) is 38.2 Å². The molecule has 2 heterocycles. The Balaban J connectivity index is 1.60. The molecule has 0 radical (unpaired) electrons. The molecule has 23 heavy (non-hydrogen) atoms. The molecule has 2 fully saturated rings. The molecular formula is C16H21N3O4. The summed E-state index contributed by atoms with van der Waals surface area (Å²) in [5.74, 6) is 0. The minimum atomic E-state index is -0.290. The van der Waals surface area contributed by atoms with Crippen LogP contribution in [0.2, 0.25) is 0 Å². The molecule has 0 aliphatic carbocycles. The molecule has 1 aromatic rings. The van der Waals surface area contributed by atoms with Crippen molar-refractivity contribution < 1.29 is 19.1 Å². The van der Waals surface area contributed by atoms with Crippen LogP contribution in [0.5, 0.6) is 0 Å². The zero-order valence-electron chi connectivity index (χ0n) is 13.2. The second-order valence-corrected chi connectivity index (χ2v) is 5.79. The molecule has 1 atom stereocenters. The summed E-state index contributed by atoms with van der Waals surface area (Å²) in [6, 6.07) is 7.39. The topological polar surface area (TPSA) is 71.1 Å². The highest BCUT2D eigenvalue weighted by Gasteiger charge is 2.23. The summed E-state index contributed by atoms with van der Waals surface area (Å²) in [6.07, 6.45) is -0.233. The highest BCUT2D eigenvalue weighted by Crippen LogP contribution is 2.16. The molecule has 7 nitrogen and oxygen atoms in total. The standard InChI is InChI=1S/C16H21N3O4/c1-12-10-18(5-7-22-12)15(20)17-14-4-2-3-13(9-14)11-19-6-8-23-16(19)21/h2-4,9,12H,5-8,10-11H2,1H3,(H,17,20). The second kappa shape index (κ2) is 6.87. The van der Waals surface area contributed by atoms with Crippen LogP contribution in [0, 0.1) is 0 Å². The first-order valence-electron chi connectivity index (χ1n) is 7.80. The van der Waals surface area contributed by atoms with E-state index in [9.17, 15) is 9.59 Å². The van der Waals surface area contributed by atoms with Gasteiger partial charge >= 0.3 is 12.1 Å². The maximum absolute atomic E-state index is 12.3. The second-order valence-electron chi connectivity index (χ2n) is 5.79. The fraction of sp³-hybridized carbons (Fsp3) is 0.500. The number of ether oxygens (including phenoxy) is 2. The maximum Gasteiger partial charge on any atom is 0.410 e. The molecule has 3 amide bonds. The molecule has 2 aliphatic rings. The predicted molar refractivity (Wildman–Crippen MR) is 84.2 cm³/mol. The minimum Gasteiger partial charge on any atom is -0.448 e. The molecule has 0 saturated carbocycles. The Morgan fingerprint density at radius 3 is 2.96 bits per heavy atom. The van der Waals surface area contributed by atoms with E-state index in [1.165, 1.54) is 0 Å². The normalized spacial score (nSPS) is 21.3. The number of carbonyl (C=O) groups is 2. The van der Waals surface area contributed by atoms with Gasteiger partial charge in [0.2, 0.25) is 0 Å². The Kier molecular flexibility index (Phi) is 4.66. The average molecular weight is 319 g/mol. The summed E-state index contributed by atoms with van der Waals surface area (Å²) in [4.78, 5) is 27.2. The fourth-order valence-corrected chi connectivity index (χ4v) is 2.74. The van der Waals surface area contributed by atoms with Gasteiger partial charge in [0.05, 0.1) is 19.3 Å². The zero-order chi connectivity index (χ0) is 16.2. The summed E-state index contributed by atoms with van der Waals surface area (Å²) in [5, 5.41) is 2.91. The molecule has 0 spiro atoms. The van der Waals surface area contributed by atoms with Gasteiger partial charge in [-0.25, -0.2) is 9.59 Å². The maximum atomic E-state index is 12.3. The highest BCUT2D eigenvalue weighted by molar-refractivity contribution is 5.89. The molecule has 1 N–H and O–H groups in total. The van der Waals surface area contributed by atoms with Gasteiger partial charge in [0.15, 0.2) is 0 Å². The minimum absolute atomic E-state index is 0.0574.